The first-order valence-corrected chi connectivity index (χ1v) is 8.48. The molecular weight excluding hydrogens is 319 g/mol. The first kappa shape index (κ1) is 20.9. The van der Waals surface area contributed by atoms with E-state index in [4.69, 9.17) is 9.47 Å². The number of hydrogen-bond acceptors (Lipinski definition) is 3. The predicted molar refractivity (Wildman–Crippen MR) is 100 cm³/mol. The maximum absolute atomic E-state index is 14.4. The van der Waals surface area contributed by atoms with Crippen LogP contribution in [0.15, 0.2) is 31.4 Å². The molecule has 0 bridgehead atoms. The molecule has 0 heterocycles. The van der Waals surface area contributed by atoms with E-state index in [1.807, 2.05) is 6.08 Å². The van der Waals surface area contributed by atoms with Crippen LogP contribution in [0.2, 0.25) is 0 Å². The van der Waals surface area contributed by atoms with Gasteiger partial charge in [0, 0.05) is 17.0 Å². The number of halogens is 1. The molecule has 25 heavy (non-hydrogen) atoms. The van der Waals surface area contributed by atoms with Gasteiger partial charge in [0.15, 0.2) is 0 Å². The summed E-state index contributed by atoms with van der Waals surface area (Å²) >= 11 is 0. The second-order valence-electron chi connectivity index (χ2n) is 7.52. The number of carbonyl (C=O) groups excluding carboxylic acids is 1. The van der Waals surface area contributed by atoms with Crippen LogP contribution in [-0.4, -0.2) is 18.2 Å². The van der Waals surface area contributed by atoms with E-state index in [0.29, 0.717) is 17.9 Å². The van der Waals surface area contributed by atoms with Crippen LogP contribution < -0.4 is 4.74 Å². The molecule has 138 valence electrons. The molecule has 1 aromatic carbocycles. The summed E-state index contributed by atoms with van der Waals surface area (Å²) in [6, 6.07) is 2.64. The van der Waals surface area contributed by atoms with Gasteiger partial charge in [-0.05, 0) is 39.7 Å². The Morgan fingerprint density at radius 3 is 2.36 bits per heavy atom. The molecule has 3 nitrogen and oxygen atoms in total. The minimum atomic E-state index is -0.704. The van der Waals surface area contributed by atoms with Gasteiger partial charge in [0.25, 0.3) is 0 Å². The van der Waals surface area contributed by atoms with Gasteiger partial charge in [-0.25, -0.2) is 9.18 Å². The van der Waals surface area contributed by atoms with E-state index in [2.05, 4.69) is 27.0 Å². The van der Waals surface area contributed by atoms with Crippen molar-refractivity contribution in [2.45, 2.75) is 53.1 Å². The molecule has 1 unspecified atom stereocenters. The van der Waals surface area contributed by atoms with E-state index in [1.54, 1.807) is 26.8 Å². The molecule has 0 aliphatic heterocycles. The molecule has 1 rings (SSSR count). The van der Waals surface area contributed by atoms with Crippen molar-refractivity contribution in [1.82, 2.24) is 0 Å². The van der Waals surface area contributed by atoms with Crippen LogP contribution in [0.3, 0.4) is 0 Å². The van der Waals surface area contributed by atoms with Crippen molar-refractivity contribution in [2.24, 2.45) is 5.41 Å². The highest BCUT2D eigenvalue weighted by molar-refractivity contribution is 5.91. The second kappa shape index (κ2) is 8.32. The average Bonchev–Trinajstić information content (AvgIpc) is 2.51. The molecule has 0 aromatic heterocycles. The number of hydrogen-bond donors (Lipinski definition) is 0. The molecule has 0 N–H and O–H groups in total. The lowest BCUT2D eigenvalue weighted by Gasteiger charge is -2.27. The molecule has 0 saturated heterocycles. The number of ether oxygens (including phenoxy) is 2. The molecule has 0 amide bonds. The quantitative estimate of drug-likeness (QED) is 0.440. The number of rotatable bonds is 8. The van der Waals surface area contributed by atoms with E-state index < -0.39 is 17.4 Å². The Morgan fingerprint density at radius 2 is 1.88 bits per heavy atom. The van der Waals surface area contributed by atoms with Gasteiger partial charge in [-0.15, -0.1) is 6.58 Å². The van der Waals surface area contributed by atoms with Crippen LogP contribution in [0.5, 0.6) is 5.75 Å². The van der Waals surface area contributed by atoms with Gasteiger partial charge in [-0.1, -0.05) is 32.6 Å². The summed E-state index contributed by atoms with van der Waals surface area (Å²) in [7, 11) is 0. The van der Waals surface area contributed by atoms with Gasteiger partial charge < -0.3 is 9.47 Å². The summed E-state index contributed by atoms with van der Waals surface area (Å²) in [5.41, 5.74) is -0.345. The van der Waals surface area contributed by atoms with Crippen molar-refractivity contribution in [1.29, 1.82) is 0 Å². The monoisotopic (exact) mass is 348 g/mol. The van der Waals surface area contributed by atoms with Crippen molar-refractivity contribution >= 4 is 12.0 Å². The summed E-state index contributed by atoms with van der Waals surface area (Å²) in [6.07, 6.45) is 5.10. The minimum absolute atomic E-state index is 0.0828. The summed E-state index contributed by atoms with van der Waals surface area (Å²) in [5, 5.41) is 0. The number of allylic oxidation sites excluding steroid dienone is 1. The molecular formula is C21H29FO3. The molecule has 0 aliphatic carbocycles. The second-order valence-corrected chi connectivity index (χ2v) is 7.52. The zero-order valence-electron chi connectivity index (χ0n) is 15.9. The Morgan fingerprint density at radius 1 is 1.24 bits per heavy atom. The van der Waals surface area contributed by atoms with Gasteiger partial charge in [-0.2, -0.15) is 0 Å². The van der Waals surface area contributed by atoms with Gasteiger partial charge in [0.2, 0.25) is 0 Å². The van der Waals surface area contributed by atoms with Crippen LogP contribution >= 0.6 is 0 Å². The highest BCUT2D eigenvalue weighted by Crippen LogP contribution is 2.31. The van der Waals surface area contributed by atoms with Crippen molar-refractivity contribution < 1.29 is 18.7 Å². The molecule has 0 radical (unpaired) electrons. The van der Waals surface area contributed by atoms with Crippen molar-refractivity contribution in [3.8, 4) is 5.75 Å². The average molecular weight is 348 g/mol. The Bertz CT molecular complexity index is 643. The van der Waals surface area contributed by atoms with Crippen molar-refractivity contribution in [2.75, 3.05) is 6.61 Å². The smallest absolute Gasteiger partial charge is 0.341 e. The molecule has 0 spiro atoms. The number of benzene rings is 1. The number of carbonyl (C=O) groups is 1. The Balaban J connectivity index is 3.08. The lowest BCUT2D eigenvalue weighted by atomic mass is 9.85. The van der Waals surface area contributed by atoms with Crippen LogP contribution in [-0.2, 0) is 4.74 Å². The molecule has 1 atom stereocenters. The first-order chi connectivity index (χ1) is 11.5. The summed E-state index contributed by atoms with van der Waals surface area (Å²) in [4.78, 5) is 12.2. The fourth-order valence-corrected chi connectivity index (χ4v) is 2.25. The maximum Gasteiger partial charge on any atom is 0.341 e. The van der Waals surface area contributed by atoms with Crippen molar-refractivity contribution in [3.63, 3.8) is 0 Å². The van der Waals surface area contributed by atoms with E-state index in [9.17, 15) is 9.18 Å². The Hall–Kier alpha value is -2.10. The Labute approximate surface area is 150 Å². The summed E-state index contributed by atoms with van der Waals surface area (Å²) in [6.45, 7) is 17.3. The third kappa shape index (κ3) is 6.04. The third-order valence-corrected chi connectivity index (χ3v) is 4.01. The van der Waals surface area contributed by atoms with Crippen LogP contribution in [0.4, 0.5) is 4.39 Å². The first-order valence-electron chi connectivity index (χ1n) is 8.48. The summed E-state index contributed by atoms with van der Waals surface area (Å²) < 4.78 is 25.5. The van der Waals surface area contributed by atoms with E-state index >= 15 is 0 Å². The normalized spacial score (nSPS) is 13.7. The Kier molecular flexibility index (Phi) is 6.97. The molecule has 0 fully saturated rings. The third-order valence-electron chi connectivity index (χ3n) is 4.01. The van der Waals surface area contributed by atoms with E-state index in [0.717, 1.165) is 12.8 Å². The van der Waals surface area contributed by atoms with Crippen molar-refractivity contribution in [3.05, 3.63) is 48.3 Å². The highest BCUT2D eigenvalue weighted by Gasteiger charge is 2.24. The highest BCUT2D eigenvalue weighted by atomic mass is 19.1. The standard InChI is InChI=1S/C21H29FO3/c1-8-11-21(7,10-3)14-24-18-13-17(22)16(12-15(18)9-2)19(23)25-20(4,5)6/h8-9,12-13H,1-2,10-11,14H2,3-7H3. The summed E-state index contributed by atoms with van der Waals surface area (Å²) in [5.74, 6) is -1.01. The van der Waals surface area contributed by atoms with Gasteiger partial charge >= 0.3 is 5.97 Å². The van der Waals surface area contributed by atoms with Crippen LogP contribution in [0, 0.1) is 11.2 Å². The van der Waals surface area contributed by atoms with Gasteiger partial charge in [0.1, 0.15) is 17.2 Å². The van der Waals surface area contributed by atoms with E-state index in [1.165, 1.54) is 12.1 Å². The largest absolute Gasteiger partial charge is 0.492 e. The maximum atomic E-state index is 14.4. The van der Waals surface area contributed by atoms with Crippen LogP contribution in [0.1, 0.15) is 63.4 Å². The molecule has 4 heteroatoms. The molecule has 0 saturated carbocycles. The fraction of sp³-hybridized carbons (Fsp3) is 0.476. The number of esters is 1. The zero-order chi connectivity index (χ0) is 19.3. The fourth-order valence-electron chi connectivity index (χ4n) is 2.25. The lowest BCUT2D eigenvalue weighted by molar-refractivity contribution is 0.00645. The molecule has 1 aromatic rings. The topological polar surface area (TPSA) is 35.5 Å². The molecule has 0 aliphatic rings. The minimum Gasteiger partial charge on any atom is -0.492 e. The SMILES string of the molecule is C=CCC(C)(CC)COc1cc(F)c(C(=O)OC(C)(C)C)cc1C=C. The zero-order valence-corrected chi connectivity index (χ0v) is 15.9. The van der Waals surface area contributed by atoms with Crippen LogP contribution in [0.25, 0.3) is 6.08 Å². The lowest BCUT2D eigenvalue weighted by Crippen LogP contribution is -2.25. The van der Waals surface area contributed by atoms with Gasteiger partial charge in [-0.3, -0.25) is 0 Å². The predicted octanol–water partition coefficient (Wildman–Crippen LogP) is 5.80. The van der Waals surface area contributed by atoms with Gasteiger partial charge in [0.05, 0.1) is 12.2 Å². The van der Waals surface area contributed by atoms with E-state index in [-0.39, 0.29) is 11.0 Å².